The Morgan fingerprint density at radius 3 is 2.66 bits per heavy atom. The molecule has 0 atom stereocenters. The first-order chi connectivity index (χ1) is 14.0. The van der Waals surface area contributed by atoms with Gasteiger partial charge in [-0.1, -0.05) is 24.3 Å². The van der Waals surface area contributed by atoms with Crippen molar-refractivity contribution in [3.8, 4) is 5.75 Å². The largest absolute Gasteiger partial charge is 0.482 e. The van der Waals surface area contributed by atoms with Gasteiger partial charge >= 0.3 is 0 Å². The first kappa shape index (κ1) is 18.6. The summed E-state index contributed by atoms with van der Waals surface area (Å²) in [6.07, 6.45) is 0. The van der Waals surface area contributed by atoms with Crippen LogP contribution in [-0.2, 0) is 4.79 Å². The predicted molar refractivity (Wildman–Crippen MR) is 114 cm³/mol. The average molecular weight is 387 g/mol. The van der Waals surface area contributed by atoms with Crippen LogP contribution in [0, 0.1) is 13.8 Å². The second-order valence-electron chi connectivity index (χ2n) is 6.92. The van der Waals surface area contributed by atoms with Crippen LogP contribution in [-0.4, -0.2) is 18.4 Å². The second kappa shape index (κ2) is 7.67. The molecule has 6 nitrogen and oxygen atoms in total. The summed E-state index contributed by atoms with van der Waals surface area (Å²) in [6, 6.07) is 18.5. The Morgan fingerprint density at radius 2 is 1.79 bits per heavy atom. The van der Waals surface area contributed by atoms with Gasteiger partial charge in [0.1, 0.15) is 5.75 Å². The number of nitrogens with one attached hydrogen (secondary N) is 3. The molecule has 146 valence electrons. The lowest BCUT2D eigenvalue weighted by molar-refractivity contribution is -0.118. The Hall–Kier alpha value is -3.80. The smallest absolute Gasteiger partial charge is 0.262 e. The minimum atomic E-state index is -0.249. The van der Waals surface area contributed by atoms with Crippen LogP contribution < -0.4 is 20.7 Å². The molecule has 3 N–H and O–H groups in total. The monoisotopic (exact) mass is 387 g/mol. The fourth-order valence-electron chi connectivity index (χ4n) is 3.18. The summed E-state index contributed by atoms with van der Waals surface area (Å²) in [4.78, 5) is 24.5. The predicted octanol–water partition coefficient (Wildman–Crippen LogP) is 4.63. The molecule has 1 aliphatic heterocycles. The van der Waals surface area contributed by atoms with Crippen LogP contribution >= 0.6 is 0 Å². The second-order valence-corrected chi connectivity index (χ2v) is 6.92. The van der Waals surface area contributed by atoms with Gasteiger partial charge < -0.3 is 20.7 Å². The minimum Gasteiger partial charge on any atom is -0.482 e. The summed E-state index contributed by atoms with van der Waals surface area (Å²) < 4.78 is 5.35. The first-order valence-electron chi connectivity index (χ1n) is 9.31. The molecule has 6 heteroatoms. The van der Waals surface area contributed by atoms with E-state index in [2.05, 4.69) is 28.9 Å². The minimum absolute atomic E-state index is 0.00384. The SMILES string of the molecule is Cc1cccc(Nc2ccccc2C(=O)Nc2ccc3c(c2)NC(=O)CO3)c1C. The molecule has 2 amide bonds. The van der Waals surface area contributed by atoms with E-state index >= 15 is 0 Å². The van der Waals surface area contributed by atoms with E-state index in [-0.39, 0.29) is 18.4 Å². The third-order valence-electron chi connectivity index (χ3n) is 4.92. The number of amides is 2. The number of carbonyl (C=O) groups excluding carboxylic acids is 2. The highest BCUT2D eigenvalue weighted by molar-refractivity contribution is 6.09. The first-order valence-corrected chi connectivity index (χ1v) is 9.31. The van der Waals surface area contributed by atoms with Gasteiger partial charge in [0.25, 0.3) is 11.8 Å². The van der Waals surface area contributed by atoms with E-state index in [1.165, 1.54) is 5.56 Å². The molecule has 1 heterocycles. The van der Waals surface area contributed by atoms with Crippen LogP contribution in [0.1, 0.15) is 21.5 Å². The Balaban J connectivity index is 1.58. The van der Waals surface area contributed by atoms with E-state index in [9.17, 15) is 9.59 Å². The highest BCUT2D eigenvalue weighted by atomic mass is 16.5. The van der Waals surface area contributed by atoms with E-state index in [4.69, 9.17) is 4.74 Å². The Kier molecular flexibility index (Phi) is 4.91. The number of fused-ring (bicyclic) bond motifs is 1. The zero-order valence-electron chi connectivity index (χ0n) is 16.2. The number of para-hydroxylation sites is 1. The van der Waals surface area contributed by atoms with E-state index in [0.717, 1.165) is 11.3 Å². The van der Waals surface area contributed by atoms with Crippen LogP contribution in [0.15, 0.2) is 60.7 Å². The summed E-state index contributed by atoms with van der Waals surface area (Å²) in [6.45, 7) is 4.09. The summed E-state index contributed by atoms with van der Waals surface area (Å²) in [5.41, 5.74) is 5.61. The number of rotatable bonds is 4. The molecule has 29 heavy (non-hydrogen) atoms. The quantitative estimate of drug-likeness (QED) is 0.610. The van der Waals surface area contributed by atoms with Gasteiger partial charge in [-0.2, -0.15) is 0 Å². The third-order valence-corrected chi connectivity index (χ3v) is 4.92. The molecule has 1 aliphatic rings. The Bertz CT molecular complexity index is 1110. The molecule has 3 aromatic rings. The number of anilines is 4. The Labute approximate surface area is 168 Å². The van der Waals surface area contributed by atoms with Crippen LogP contribution in [0.4, 0.5) is 22.7 Å². The Morgan fingerprint density at radius 1 is 1.00 bits per heavy atom. The zero-order chi connectivity index (χ0) is 20.4. The maximum atomic E-state index is 12.9. The molecule has 0 unspecified atom stereocenters. The van der Waals surface area contributed by atoms with Crippen molar-refractivity contribution in [1.82, 2.24) is 0 Å². The van der Waals surface area contributed by atoms with Gasteiger partial charge in [-0.15, -0.1) is 0 Å². The number of aryl methyl sites for hydroxylation is 1. The third kappa shape index (κ3) is 3.91. The van der Waals surface area contributed by atoms with Gasteiger partial charge in [0, 0.05) is 11.4 Å². The number of ether oxygens (including phenoxy) is 1. The van der Waals surface area contributed by atoms with Gasteiger partial charge in [0.15, 0.2) is 6.61 Å². The normalized spacial score (nSPS) is 12.4. The average Bonchev–Trinajstić information content (AvgIpc) is 2.71. The molecule has 3 aromatic carbocycles. The highest BCUT2D eigenvalue weighted by Gasteiger charge is 2.17. The van der Waals surface area contributed by atoms with E-state index in [1.54, 1.807) is 24.3 Å². The van der Waals surface area contributed by atoms with Gasteiger partial charge in [-0.25, -0.2) is 0 Å². The van der Waals surface area contributed by atoms with E-state index in [0.29, 0.717) is 28.4 Å². The highest BCUT2D eigenvalue weighted by Crippen LogP contribution is 2.31. The molecule has 0 saturated heterocycles. The van der Waals surface area contributed by atoms with Crippen molar-refractivity contribution in [2.45, 2.75) is 13.8 Å². The maximum absolute atomic E-state index is 12.9. The fourth-order valence-corrected chi connectivity index (χ4v) is 3.18. The van der Waals surface area contributed by atoms with Crippen molar-refractivity contribution < 1.29 is 14.3 Å². The van der Waals surface area contributed by atoms with Crippen LogP contribution in [0.3, 0.4) is 0 Å². The topological polar surface area (TPSA) is 79.5 Å². The van der Waals surface area contributed by atoms with Gasteiger partial charge in [0.2, 0.25) is 0 Å². The van der Waals surface area contributed by atoms with Crippen molar-refractivity contribution in [3.63, 3.8) is 0 Å². The molecule has 0 fully saturated rings. The maximum Gasteiger partial charge on any atom is 0.262 e. The molecule has 0 spiro atoms. The van der Waals surface area contributed by atoms with Crippen molar-refractivity contribution in [2.24, 2.45) is 0 Å². The van der Waals surface area contributed by atoms with Gasteiger partial charge in [-0.05, 0) is 61.4 Å². The van der Waals surface area contributed by atoms with E-state index in [1.807, 2.05) is 37.3 Å². The molecular formula is C23H21N3O3. The molecule has 0 saturated carbocycles. The lowest BCUT2D eigenvalue weighted by atomic mass is 10.1. The van der Waals surface area contributed by atoms with Crippen molar-refractivity contribution in [1.29, 1.82) is 0 Å². The number of benzene rings is 3. The van der Waals surface area contributed by atoms with Crippen molar-refractivity contribution >= 4 is 34.6 Å². The summed E-state index contributed by atoms with van der Waals surface area (Å²) in [5.74, 6) is 0.116. The molecule has 0 aromatic heterocycles. The molecule has 0 radical (unpaired) electrons. The lowest BCUT2D eigenvalue weighted by Crippen LogP contribution is -2.25. The zero-order valence-corrected chi connectivity index (χ0v) is 16.2. The molecule has 0 bridgehead atoms. The lowest BCUT2D eigenvalue weighted by Gasteiger charge is -2.19. The van der Waals surface area contributed by atoms with Crippen LogP contribution in [0.5, 0.6) is 5.75 Å². The summed E-state index contributed by atoms with van der Waals surface area (Å²) in [5, 5.41) is 9.00. The van der Waals surface area contributed by atoms with Crippen LogP contribution in [0.2, 0.25) is 0 Å². The molecule has 4 rings (SSSR count). The summed E-state index contributed by atoms with van der Waals surface area (Å²) in [7, 11) is 0. The number of hydrogen-bond acceptors (Lipinski definition) is 4. The molecular weight excluding hydrogens is 366 g/mol. The number of carbonyl (C=O) groups is 2. The summed E-state index contributed by atoms with van der Waals surface area (Å²) >= 11 is 0. The van der Waals surface area contributed by atoms with Gasteiger partial charge in [0.05, 0.1) is 16.9 Å². The van der Waals surface area contributed by atoms with Crippen LogP contribution in [0.25, 0.3) is 0 Å². The molecule has 0 aliphatic carbocycles. The number of hydrogen-bond donors (Lipinski definition) is 3. The standard InChI is InChI=1S/C23H21N3O3/c1-14-6-5-9-18(15(14)2)25-19-8-4-3-7-17(19)23(28)24-16-10-11-21-20(12-16)26-22(27)13-29-21/h3-12,25H,13H2,1-2H3,(H,24,28)(H,26,27). The van der Waals surface area contributed by atoms with Crippen molar-refractivity contribution in [2.75, 3.05) is 22.6 Å². The van der Waals surface area contributed by atoms with Gasteiger partial charge in [-0.3, -0.25) is 9.59 Å². The fraction of sp³-hybridized carbons (Fsp3) is 0.130. The van der Waals surface area contributed by atoms with Crippen molar-refractivity contribution in [3.05, 3.63) is 77.4 Å². The van der Waals surface area contributed by atoms with E-state index < -0.39 is 0 Å².